The quantitative estimate of drug-likeness (QED) is 0.638. The normalized spacial score (nSPS) is 34.0. The van der Waals surface area contributed by atoms with Gasteiger partial charge in [-0.2, -0.15) is 0 Å². The van der Waals surface area contributed by atoms with E-state index >= 15 is 0 Å². The maximum atomic E-state index is 11.3. The molecule has 1 fully saturated rings. The Morgan fingerprint density at radius 2 is 1.83 bits per heavy atom. The molecule has 2 nitrogen and oxygen atoms in total. The van der Waals surface area contributed by atoms with Crippen LogP contribution >= 0.6 is 0 Å². The van der Waals surface area contributed by atoms with Crippen molar-refractivity contribution in [2.75, 3.05) is 0 Å². The van der Waals surface area contributed by atoms with Gasteiger partial charge in [0.2, 0.25) is 5.91 Å². The van der Waals surface area contributed by atoms with Gasteiger partial charge in [-0.05, 0) is 19.8 Å². The molecule has 0 aliphatic carbocycles. The predicted molar refractivity (Wildman–Crippen MR) is 49.8 cm³/mol. The summed E-state index contributed by atoms with van der Waals surface area (Å²) >= 11 is 0. The molecule has 0 radical (unpaired) electrons. The molecule has 12 heavy (non-hydrogen) atoms. The third-order valence-electron chi connectivity index (χ3n) is 3.68. The predicted octanol–water partition coefficient (Wildman–Crippen LogP) is 1.95. The van der Waals surface area contributed by atoms with Crippen molar-refractivity contribution in [2.24, 2.45) is 11.3 Å². The van der Waals surface area contributed by atoms with Crippen LogP contribution < -0.4 is 5.32 Å². The molecule has 1 rings (SSSR count). The van der Waals surface area contributed by atoms with Gasteiger partial charge in [0.15, 0.2) is 0 Å². The van der Waals surface area contributed by atoms with Crippen molar-refractivity contribution in [1.82, 2.24) is 5.32 Å². The van der Waals surface area contributed by atoms with Crippen molar-refractivity contribution in [1.29, 1.82) is 0 Å². The van der Waals surface area contributed by atoms with E-state index < -0.39 is 0 Å². The summed E-state index contributed by atoms with van der Waals surface area (Å²) in [5.41, 5.74) is 0.0440. The van der Waals surface area contributed by atoms with Crippen LogP contribution in [0.1, 0.15) is 41.0 Å². The van der Waals surface area contributed by atoms with Gasteiger partial charge in [0, 0.05) is 17.4 Å². The van der Waals surface area contributed by atoms with Crippen molar-refractivity contribution < 1.29 is 4.79 Å². The van der Waals surface area contributed by atoms with Gasteiger partial charge in [0.25, 0.3) is 0 Å². The summed E-state index contributed by atoms with van der Waals surface area (Å²) in [6.07, 6.45) is 0.664. The molecular weight excluding hydrogens is 150 g/mol. The highest BCUT2D eigenvalue weighted by molar-refractivity contribution is 5.80. The Kier molecular flexibility index (Phi) is 1.97. The summed E-state index contributed by atoms with van der Waals surface area (Å²) in [4.78, 5) is 11.3. The summed E-state index contributed by atoms with van der Waals surface area (Å²) in [5, 5.41) is 3.03. The van der Waals surface area contributed by atoms with E-state index in [1.54, 1.807) is 0 Å². The Morgan fingerprint density at radius 1 is 1.33 bits per heavy atom. The van der Waals surface area contributed by atoms with E-state index in [1.807, 2.05) is 0 Å². The minimum Gasteiger partial charge on any atom is -0.351 e. The first kappa shape index (κ1) is 9.56. The number of carbonyl (C=O) groups is 1. The smallest absolute Gasteiger partial charge is 0.221 e. The average Bonchev–Trinajstić information content (AvgIpc) is 2.02. The molecule has 2 heteroatoms. The largest absolute Gasteiger partial charge is 0.351 e. The fraction of sp³-hybridized carbons (Fsp3) is 0.900. The van der Waals surface area contributed by atoms with E-state index in [4.69, 9.17) is 0 Å². The summed E-state index contributed by atoms with van der Waals surface area (Å²) < 4.78 is 0. The monoisotopic (exact) mass is 169 g/mol. The van der Waals surface area contributed by atoms with Crippen LogP contribution in [-0.4, -0.2) is 11.4 Å². The molecule has 1 aliphatic rings. The van der Waals surface area contributed by atoms with E-state index in [9.17, 15) is 4.79 Å². The molecule has 1 N–H and O–H groups in total. The second kappa shape index (κ2) is 2.48. The number of amides is 1. The first-order valence-corrected chi connectivity index (χ1v) is 4.60. The van der Waals surface area contributed by atoms with Gasteiger partial charge in [-0.3, -0.25) is 4.79 Å². The van der Waals surface area contributed by atoms with Crippen LogP contribution in [0.25, 0.3) is 0 Å². The van der Waals surface area contributed by atoms with E-state index in [-0.39, 0.29) is 16.9 Å². The number of hydrogen-bond acceptors (Lipinski definition) is 1. The number of rotatable bonds is 1. The number of nitrogens with one attached hydrogen (secondary N) is 1. The summed E-state index contributed by atoms with van der Waals surface area (Å²) in [6.45, 7) is 10.8. The Labute approximate surface area is 74.7 Å². The molecule has 1 heterocycles. The molecule has 1 amide bonds. The standard InChI is InChI=1S/C10H19NO/c1-7(2)10(5)6-8(12)11-9(10,3)4/h7H,6H2,1-5H3,(H,11,12). The Balaban J connectivity index is 2.97. The van der Waals surface area contributed by atoms with Crippen LogP contribution in [-0.2, 0) is 4.79 Å². The zero-order chi connectivity index (χ0) is 9.57. The minimum absolute atomic E-state index is 0.0573. The first-order chi connectivity index (χ1) is 5.29. The van der Waals surface area contributed by atoms with Crippen LogP contribution in [0.15, 0.2) is 0 Å². The maximum absolute atomic E-state index is 11.3. The summed E-state index contributed by atoms with van der Waals surface area (Å²) in [5.74, 6) is 0.725. The second-order valence-corrected chi connectivity index (χ2v) is 4.92. The molecule has 1 atom stereocenters. The van der Waals surface area contributed by atoms with Crippen molar-refractivity contribution in [3.05, 3.63) is 0 Å². The molecule has 1 aliphatic heterocycles. The highest BCUT2D eigenvalue weighted by atomic mass is 16.2. The van der Waals surface area contributed by atoms with E-state index in [2.05, 4.69) is 39.9 Å². The molecule has 0 saturated carbocycles. The minimum atomic E-state index is -0.0573. The lowest BCUT2D eigenvalue weighted by molar-refractivity contribution is -0.120. The topological polar surface area (TPSA) is 29.1 Å². The van der Waals surface area contributed by atoms with Gasteiger partial charge in [-0.1, -0.05) is 20.8 Å². The van der Waals surface area contributed by atoms with Gasteiger partial charge >= 0.3 is 0 Å². The molecule has 0 aromatic rings. The highest BCUT2D eigenvalue weighted by Gasteiger charge is 2.50. The zero-order valence-electron chi connectivity index (χ0n) is 8.69. The van der Waals surface area contributed by atoms with Crippen LogP contribution in [0, 0.1) is 11.3 Å². The molecule has 70 valence electrons. The van der Waals surface area contributed by atoms with Gasteiger partial charge < -0.3 is 5.32 Å². The molecule has 0 aromatic heterocycles. The fourth-order valence-corrected chi connectivity index (χ4v) is 2.02. The van der Waals surface area contributed by atoms with Gasteiger partial charge in [-0.25, -0.2) is 0 Å². The van der Waals surface area contributed by atoms with Crippen molar-refractivity contribution >= 4 is 5.91 Å². The van der Waals surface area contributed by atoms with E-state index in [0.29, 0.717) is 12.3 Å². The number of carbonyl (C=O) groups excluding carboxylic acids is 1. The maximum Gasteiger partial charge on any atom is 0.221 e. The molecular formula is C10H19NO. The third kappa shape index (κ3) is 1.13. The Morgan fingerprint density at radius 3 is 2.00 bits per heavy atom. The molecule has 0 aromatic carbocycles. The third-order valence-corrected chi connectivity index (χ3v) is 3.68. The zero-order valence-corrected chi connectivity index (χ0v) is 8.69. The average molecular weight is 169 g/mol. The Hall–Kier alpha value is -0.530. The summed E-state index contributed by atoms with van der Waals surface area (Å²) in [7, 11) is 0. The van der Waals surface area contributed by atoms with Gasteiger partial charge in [0.1, 0.15) is 0 Å². The van der Waals surface area contributed by atoms with Gasteiger partial charge in [-0.15, -0.1) is 0 Å². The summed E-state index contributed by atoms with van der Waals surface area (Å²) in [6, 6.07) is 0. The van der Waals surface area contributed by atoms with Crippen LogP contribution in [0.4, 0.5) is 0 Å². The van der Waals surface area contributed by atoms with Gasteiger partial charge in [0.05, 0.1) is 0 Å². The lowest BCUT2D eigenvalue weighted by Gasteiger charge is -2.40. The van der Waals surface area contributed by atoms with Crippen molar-refractivity contribution in [3.63, 3.8) is 0 Å². The van der Waals surface area contributed by atoms with E-state index in [0.717, 1.165) is 0 Å². The number of hydrogen-bond donors (Lipinski definition) is 1. The molecule has 0 bridgehead atoms. The lowest BCUT2D eigenvalue weighted by Crippen LogP contribution is -2.48. The van der Waals surface area contributed by atoms with Crippen LogP contribution in [0.5, 0.6) is 0 Å². The first-order valence-electron chi connectivity index (χ1n) is 4.60. The molecule has 1 unspecified atom stereocenters. The highest BCUT2D eigenvalue weighted by Crippen LogP contribution is 2.45. The van der Waals surface area contributed by atoms with Crippen molar-refractivity contribution in [3.8, 4) is 0 Å². The second-order valence-electron chi connectivity index (χ2n) is 4.92. The molecule has 0 spiro atoms. The van der Waals surface area contributed by atoms with Crippen LogP contribution in [0.2, 0.25) is 0 Å². The molecule has 1 saturated heterocycles. The SMILES string of the molecule is CC(C)C1(C)CC(=O)NC1(C)C. The lowest BCUT2D eigenvalue weighted by atomic mass is 9.66. The van der Waals surface area contributed by atoms with E-state index in [1.165, 1.54) is 0 Å². The van der Waals surface area contributed by atoms with Crippen LogP contribution in [0.3, 0.4) is 0 Å². The van der Waals surface area contributed by atoms with Crippen molar-refractivity contribution in [2.45, 2.75) is 46.6 Å². The fourth-order valence-electron chi connectivity index (χ4n) is 2.02. The Bertz CT molecular complexity index is 208.